The van der Waals surface area contributed by atoms with Crippen LogP contribution in [-0.4, -0.2) is 46.0 Å². The van der Waals surface area contributed by atoms with Crippen molar-refractivity contribution in [3.8, 4) is 22.6 Å². The normalized spacial score (nSPS) is 17.9. The number of halogens is 1. The molecule has 0 bridgehead atoms. The van der Waals surface area contributed by atoms with Crippen LogP contribution in [0.5, 0.6) is 0 Å². The second kappa shape index (κ2) is 8.43. The van der Waals surface area contributed by atoms with Crippen molar-refractivity contribution in [3.05, 3.63) is 59.5 Å². The van der Waals surface area contributed by atoms with Gasteiger partial charge in [-0.15, -0.1) is 0 Å². The molecule has 28 heavy (non-hydrogen) atoms. The Morgan fingerprint density at radius 1 is 1.18 bits per heavy atom. The number of piperazine rings is 1. The van der Waals surface area contributed by atoms with Crippen LogP contribution in [0.25, 0.3) is 22.6 Å². The Hall–Kier alpha value is -2.21. The standard InChI is InChI=1S/C22H26ClN5/c1-15(2)14-28-9-8-24-13-21(28)19-11-17(6-7-25-19)22-26-12-20(27-22)16-4-3-5-18(23)10-16/h3-7,10-12,15,21,24H,8-9,13-14H2,1-2H3,(H,26,27). The molecule has 1 aliphatic rings. The number of hydrogen-bond donors (Lipinski definition) is 2. The Kier molecular flexibility index (Phi) is 5.76. The van der Waals surface area contributed by atoms with Crippen LogP contribution in [0.1, 0.15) is 25.6 Å². The van der Waals surface area contributed by atoms with Gasteiger partial charge in [-0.1, -0.05) is 37.6 Å². The van der Waals surface area contributed by atoms with Crippen molar-refractivity contribution in [1.29, 1.82) is 0 Å². The Morgan fingerprint density at radius 2 is 2.07 bits per heavy atom. The second-order valence-corrected chi connectivity index (χ2v) is 8.17. The number of imidazole rings is 1. The summed E-state index contributed by atoms with van der Waals surface area (Å²) in [5.41, 5.74) is 4.12. The van der Waals surface area contributed by atoms with Gasteiger partial charge in [-0.05, 0) is 30.2 Å². The molecule has 6 heteroatoms. The fourth-order valence-electron chi connectivity index (χ4n) is 3.77. The number of aromatic amines is 1. The van der Waals surface area contributed by atoms with Gasteiger partial charge in [0.25, 0.3) is 0 Å². The molecule has 1 aromatic carbocycles. The zero-order valence-electron chi connectivity index (χ0n) is 16.3. The van der Waals surface area contributed by atoms with Crippen molar-refractivity contribution in [1.82, 2.24) is 25.2 Å². The van der Waals surface area contributed by atoms with E-state index in [4.69, 9.17) is 11.6 Å². The second-order valence-electron chi connectivity index (χ2n) is 7.73. The Morgan fingerprint density at radius 3 is 2.89 bits per heavy atom. The lowest BCUT2D eigenvalue weighted by atomic mass is 10.0. The number of aromatic nitrogens is 3. The van der Waals surface area contributed by atoms with Crippen LogP contribution >= 0.6 is 11.6 Å². The first kappa shape index (κ1) is 19.1. The molecule has 146 valence electrons. The lowest BCUT2D eigenvalue weighted by molar-refractivity contribution is 0.142. The summed E-state index contributed by atoms with van der Waals surface area (Å²) in [5.74, 6) is 1.48. The third-order valence-corrected chi connectivity index (χ3v) is 5.30. The largest absolute Gasteiger partial charge is 0.338 e. The highest BCUT2D eigenvalue weighted by Crippen LogP contribution is 2.27. The van der Waals surface area contributed by atoms with Gasteiger partial charge in [0.1, 0.15) is 5.82 Å². The highest BCUT2D eigenvalue weighted by atomic mass is 35.5. The molecule has 0 saturated carbocycles. The first-order valence-electron chi connectivity index (χ1n) is 9.82. The van der Waals surface area contributed by atoms with Crippen LogP contribution in [0.2, 0.25) is 5.02 Å². The summed E-state index contributed by atoms with van der Waals surface area (Å²) in [6.45, 7) is 8.62. The molecule has 2 aromatic heterocycles. The monoisotopic (exact) mass is 395 g/mol. The number of nitrogens with one attached hydrogen (secondary N) is 2. The van der Waals surface area contributed by atoms with Crippen LogP contribution in [-0.2, 0) is 0 Å². The fraction of sp³-hybridized carbons (Fsp3) is 0.364. The molecular formula is C22H26ClN5. The maximum atomic E-state index is 6.12. The van der Waals surface area contributed by atoms with Gasteiger partial charge in [0.2, 0.25) is 0 Å². The van der Waals surface area contributed by atoms with Crippen molar-refractivity contribution in [2.45, 2.75) is 19.9 Å². The van der Waals surface area contributed by atoms with Gasteiger partial charge in [0.05, 0.1) is 23.6 Å². The van der Waals surface area contributed by atoms with E-state index in [-0.39, 0.29) is 0 Å². The highest BCUT2D eigenvalue weighted by molar-refractivity contribution is 6.30. The van der Waals surface area contributed by atoms with Gasteiger partial charge >= 0.3 is 0 Å². The summed E-state index contributed by atoms with van der Waals surface area (Å²) >= 11 is 6.12. The predicted molar refractivity (Wildman–Crippen MR) is 114 cm³/mol. The van der Waals surface area contributed by atoms with Crippen LogP contribution in [0.3, 0.4) is 0 Å². The summed E-state index contributed by atoms with van der Waals surface area (Å²) in [6.07, 6.45) is 3.74. The molecule has 5 nitrogen and oxygen atoms in total. The third kappa shape index (κ3) is 4.27. The number of benzene rings is 1. The zero-order chi connectivity index (χ0) is 19.5. The lowest BCUT2D eigenvalue weighted by Gasteiger charge is -2.37. The van der Waals surface area contributed by atoms with Crippen LogP contribution in [0.15, 0.2) is 48.8 Å². The molecule has 2 N–H and O–H groups in total. The molecule has 4 rings (SSSR count). The van der Waals surface area contributed by atoms with Gasteiger partial charge < -0.3 is 10.3 Å². The number of nitrogens with zero attached hydrogens (tertiary/aromatic N) is 3. The predicted octanol–water partition coefficient (Wildman–Crippen LogP) is 4.39. The minimum absolute atomic E-state index is 0.290. The summed E-state index contributed by atoms with van der Waals surface area (Å²) in [6, 6.07) is 12.2. The van der Waals surface area contributed by atoms with E-state index in [0.29, 0.717) is 12.0 Å². The molecule has 1 unspecified atom stereocenters. The summed E-state index contributed by atoms with van der Waals surface area (Å²) < 4.78 is 0. The lowest BCUT2D eigenvalue weighted by Crippen LogP contribution is -2.47. The third-order valence-electron chi connectivity index (χ3n) is 5.06. The van der Waals surface area contributed by atoms with Crippen LogP contribution in [0, 0.1) is 5.92 Å². The molecule has 0 spiro atoms. The maximum Gasteiger partial charge on any atom is 0.137 e. The molecule has 0 aliphatic carbocycles. The van der Waals surface area contributed by atoms with Crippen molar-refractivity contribution >= 4 is 11.6 Å². The Labute approximate surface area is 171 Å². The van der Waals surface area contributed by atoms with Gasteiger partial charge in [0.15, 0.2) is 0 Å². The SMILES string of the molecule is CC(C)CN1CCNCC1c1cc(-c2ncc(-c3cccc(Cl)c3)[nH]2)ccn1. The molecular weight excluding hydrogens is 370 g/mol. The molecule has 3 aromatic rings. The first-order chi connectivity index (χ1) is 13.6. The van der Waals surface area contributed by atoms with Gasteiger partial charge in [-0.3, -0.25) is 9.88 Å². The number of hydrogen-bond acceptors (Lipinski definition) is 4. The molecule has 3 heterocycles. The zero-order valence-corrected chi connectivity index (χ0v) is 17.1. The summed E-state index contributed by atoms with van der Waals surface area (Å²) in [4.78, 5) is 15.2. The topological polar surface area (TPSA) is 56.8 Å². The first-order valence-corrected chi connectivity index (χ1v) is 10.2. The van der Waals surface area contributed by atoms with Crippen molar-refractivity contribution < 1.29 is 0 Å². The number of rotatable bonds is 5. The molecule has 0 radical (unpaired) electrons. The molecule has 1 aliphatic heterocycles. The van der Waals surface area contributed by atoms with Crippen LogP contribution in [0.4, 0.5) is 0 Å². The van der Waals surface area contributed by atoms with E-state index >= 15 is 0 Å². The van der Waals surface area contributed by atoms with E-state index in [1.54, 1.807) is 0 Å². The average molecular weight is 396 g/mol. The quantitative estimate of drug-likeness (QED) is 0.672. The van der Waals surface area contributed by atoms with Crippen molar-refractivity contribution in [3.63, 3.8) is 0 Å². The van der Waals surface area contributed by atoms with Gasteiger partial charge in [0, 0.05) is 48.5 Å². The maximum absolute atomic E-state index is 6.12. The van der Waals surface area contributed by atoms with Gasteiger partial charge in [-0.25, -0.2) is 4.98 Å². The van der Waals surface area contributed by atoms with Crippen LogP contribution < -0.4 is 5.32 Å². The average Bonchev–Trinajstić information content (AvgIpc) is 3.18. The highest BCUT2D eigenvalue weighted by Gasteiger charge is 2.25. The van der Waals surface area contributed by atoms with E-state index in [9.17, 15) is 0 Å². The number of pyridine rings is 1. The smallest absolute Gasteiger partial charge is 0.137 e. The molecule has 1 fully saturated rings. The van der Waals surface area contributed by atoms with E-state index in [1.165, 1.54) is 0 Å². The minimum Gasteiger partial charge on any atom is -0.338 e. The molecule has 1 saturated heterocycles. The van der Waals surface area contributed by atoms with E-state index < -0.39 is 0 Å². The number of H-pyrrole nitrogens is 1. The molecule has 1 atom stereocenters. The van der Waals surface area contributed by atoms with E-state index in [1.807, 2.05) is 42.7 Å². The minimum atomic E-state index is 0.290. The van der Waals surface area contributed by atoms with E-state index in [0.717, 1.165) is 59.5 Å². The van der Waals surface area contributed by atoms with Gasteiger partial charge in [-0.2, -0.15) is 0 Å². The Bertz CT molecular complexity index is 936. The van der Waals surface area contributed by atoms with Crippen molar-refractivity contribution in [2.24, 2.45) is 5.92 Å². The van der Waals surface area contributed by atoms with E-state index in [2.05, 4.69) is 45.1 Å². The Balaban J connectivity index is 1.60. The summed E-state index contributed by atoms with van der Waals surface area (Å²) in [5, 5.41) is 4.23. The summed E-state index contributed by atoms with van der Waals surface area (Å²) in [7, 11) is 0. The fourth-order valence-corrected chi connectivity index (χ4v) is 3.96. The molecule has 0 amide bonds. The van der Waals surface area contributed by atoms with Crippen molar-refractivity contribution in [2.75, 3.05) is 26.2 Å².